The van der Waals surface area contributed by atoms with Crippen molar-refractivity contribution in [3.8, 4) is 0 Å². The molecule has 0 aliphatic carbocycles. The number of hydrogen-bond donors (Lipinski definition) is 3. The van der Waals surface area contributed by atoms with Crippen LogP contribution in [0.15, 0.2) is 36.5 Å². The molecule has 0 amide bonds. The second-order valence-electron chi connectivity index (χ2n) is 4.25. The van der Waals surface area contributed by atoms with Gasteiger partial charge in [0.2, 0.25) is 5.95 Å². The van der Waals surface area contributed by atoms with E-state index in [9.17, 15) is 0 Å². The largest absolute Gasteiger partial charge is 0.372 e. The molecule has 0 fully saturated rings. The summed E-state index contributed by atoms with van der Waals surface area (Å²) in [7, 11) is 0. The molecule has 0 unspecified atom stereocenters. The first-order chi connectivity index (χ1) is 9.76. The average molecular weight is 272 g/mol. The van der Waals surface area contributed by atoms with E-state index in [2.05, 4.69) is 51.6 Å². The summed E-state index contributed by atoms with van der Waals surface area (Å²) < 4.78 is 0. The Hall–Kier alpha value is -2.34. The molecule has 0 spiro atoms. The second-order valence-corrected chi connectivity index (χ2v) is 4.25. The van der Waals surface area contributed by atoms with E-state index < -0.39 is 0 Å². The zero-order valence-electron chi connectivity index (χ0n) is 11.8. The second kappa shape index (κ2) is 6.72. The van der Waals surface area contributed by atoms with E-state index in [1.165, 1.54) is 5.69 Å². The first-order valence-corrected chi connectivity index (χ1v) is 6.68. The van der Waals surface area contributed by atoms with Crippen LogP contribution in [0, 0.1) is 0 Å². The first kappa shape index (κ1) is 14.1. The van der Waals surface area contributed by atoms with Gasteiger partial charge in [-0.05, 0) is 44.2 Å². The highest BCUT2D eigenvalue weighted by Gasteiger charge is 2.02. The van der Waals surface area contributed by atoms with Gasteiger partial charge in [-0.25, -0.2) is 10.8 Å². The summed E-state index contributed by atoms with van der Waals surface area (Å²) in [5.74, 6) is 6.37. The van der Waals surface area contributed by atoms with E-state index in [0.717, 1.165) is 18.8 Å². The number of rotatable bonds is 6. The Morgan fingerprint density at radius 1 is 1.10 bits per heavy atom. The summed E-state index contributed by atoms with van der Waals surface area (Å²) in [6.45, 7) is 6.30. The Balaban J connectivity index is 2.10. The van der Waals surface area contributed by atoms with Gasteiger partial charge in [-0.2, -0.15) is 4.98 Å². The molecule has 0 bridgehead atoms. The summed E-state index contributed by atoms with van der Waals surface area (Å²) in [6.07, 6.45) is 1.65. The normalized spacial score (nSPS) is 10.2. The summed E-state index contributed by atoms with van der Waals surface area (Å²) in [5.41, 5.74) is 4.61. The van der Waals surface area contributed by atoms with Crippen molar-refractivity contribution in [2.75, 3.05) is 28.7 Å². The fourth-order valence-corrected chi connectivity index (χ4v) is 1.99. The van der Waals surface area contributed by atoms with E-state index in [1.54, 1.807) is 12.3 Å². The van der Waals surface area contributed by atoms with Gasteiger partial charge in [-0.15, -0.1) is 0 Å². The highest BCUT2D eigenvalue weighted by atomic mass is 15.3. The van der Waals surface area contributed by atoms with Crippen molar-refractivity contribution >= 4 is 23.1 Å². The van der Waals surface area contributed by atoms with Gasteiger partial charge in [-0.1, -0.05) is 0 Å². The van der Waals surface area contributed by atoms with Gasteiger partial charge >= 0.3 is 0 Å². The lowest BCUT2D eigenvalue weighted by Gasteiger charge is -2.21. The maximum Gasteiger partial charge on any atom is 0.239 e. The molecule has 20 heavy (non-hydrogen) atoms. The van der Waals surface area contributed by atoms with Gasteiger partial charge in [0, 0.05) is 30.7 Å². The Morgan fingerprint density at radius 3 is 2.40 bits per heavy atom. The number of benzene rings is 1. The zero-order chi connectivity index (χ0) is 14.4. The van der Waals surface area contributed by atoms with Crippen LogP contribution in [0.2, 0.25) is 0 Å². The zero-order valence-corrected chi connectivity index (χ0v) is 11.8. The Labute approximate surface area is 119 Å². The standard InChI is InChI=1S/C14H20N6/c1-3-20(4-2)12-7-5-11(6-8-12)17-13-9-10-16-14(18-13)19-15/h5-10H,3-4,15H2,1-2H3,(H2,16,17,18,19). The molecule has 0 aliphatic rings. The third-order valence-corrected chi connectivity index (χ3v) is 3.05. The number of nitrogen functional groups attached to an aromatic ring is 1. The van der Waals surface area contributed by atoms with Crippen molar-refractivity contribution < 1.29 is 0 Å². The molecule has 6 heteroatoms. The van der Waals surface area contributed by atoms with Crippen LogP contribution in [0.1, 0.15) is 13.8 Å². The van der Waals surface area contributed by atoms with Crippen LogP contribution in [0.5, 0.6) is 0 Å². The molecular weight excluding hydrogens is 252 g/mol. The third-order valence-electron chi connectivity index (χ3n) is 3.05. The highest BCUT2D eigenvalue weighted by molar-refractivity contribution is 5.61. The molecule has 0 atom stereocenters. The number of nitrogens with zero attached hydrogens (tertiary/aromatic N) is 3. The van der Waals surface area contributed by atoms with Crippen molar-refractivity contribution in [3.63, 3.8) is 0 Å². The van der Waals surface area contributed by atoms with E-state index in [1.807, 2.05) is 12.1 Å². The molecule has 2 aromatic rings. The summed E-state index contributed by atoms with van der Waals surface area (Å²) >= 11 is 0. The van der Waals surface area contributed by atoms with Gasteiger partial charge in [0.1, 0.15) is 5.82 Å². The molecular formula is C14H20N6. The summed E-state index contributed by atoms with van der Waals surface area (Å²) in [5, 5.41) is 3.22. The number of hydrazine groups is 1. The fourth-order valence-electron chi connectivity index (χ4n) is 1.99. The molecule has 1 heterocycles. The summed E-state index contributed by atoms with van der Waals surface area (Å²) in [6, 6.07) is 10.0. The molecule has 106 valence electrons. The van der Waals surface area contributed by atoms with Crippen LogP contribution in [0.4, 0.5) is 23.1 Å². The van der Waals surface area contributed by atoms with Crippen LogP contribution >= 0.6 is 0 Å². The maximum atomic E-state index is 5.29. The molecule has 0 saturated heterocycles. The molecule has 0 aliphatic heterocycles. The van der Waals surface area contributed by atoms with Crippen molar-refractivity contribution in [2.45, 2.75) is 13.8 Å². The van der Waals surface area contributed by atoms with E-state index in [4.69, 9.17) is 5.84 Å². The quantitative estimate of drug-likeness (QED) is 0.553. The van der Waals surface area contributed by atoms with Crippen LogP contribution in [0.25, 0.3) is 0 Å². The first-order valence-electron chi connectivity index (χ1n) is 6.68. The van der Waals surface area contributed by atoms with E-state index >= 15 is 0 Å². The van der Waals surface area contributed by atoms with E-state index in [-0.39, 0.29) is 0 Å². The predicted molar refractivity (Wildman–Crippen MR) is 83.1 cm³/mol. The topological polar surface area (TPSA) is 79.1 Å². The van der Waals surface area contributed by atoms with Gasteiger partial charge < -0.3 is 10.2 Å². The molecule has 1 aromatic heterocycles. The number of nitrogens with two attached hydrogens (primary N) is 1. The number of anilines is 4. The van der Waals surface area contributed by atoms with Crippen molar-refractivity contribution in [1.29, 1.82) is 0 Å². The van der Waals surface area contributed by atoms with Crippen molar-refractivity contribution in [2.24, 2.45) is 5.84 Å². The minimum Gasteiger partial charge on any atom is -0.372 e. The monoisotopic (exact) mass is 272 g/mol. The lowest BCUT2D eigenvalue weighted by Crippen LogP contribution is -2.21. The van der Waals surface area contributed by atoms with Gasteiger partial charge in [0.05, 0.1) is 0 Å². The maximum absolute atomic E-state index is 5.29. The minimum absolute atomic E-state index is 0.384. The van der Waals surface area contributed by atoms with Gasteiger partial charge in [-0.3, -0.25) is 5.43 Å². The predicted octanol–water partition coefficient (Wildman–Crippen LogP) is 2.35. The van der Waals surface area contributed by atoms with Crippen LogP contribution in [0.3, 0.4) is 0 Å². The molecule has 6 nitrogen and oxygen atoms in total. The summed E-state index contributed by atoms with van der Waals surface area (Å²) in [4.78, 5) is 10.5. The van der Waals surface area contributed by atoms with Crippen molar-refractivity contribution in [3.05, 3.63) is 36.5 Å². The minimum atomic E-state index is 0.384. The van der Waals surface area contributed by atoms with Crippen LogP contribution in [-0.4, -0.2) is 23.1 Å². The van der Waals surface area contributed by atoms with Gasteiger partial charge in [0.15, 0.2) is 0 Å². The third kappa shape index (κ3) is 3.36. The van der Waals surface area contributed by atoms with Gasteiger partial charge in [0.25, 0.3) is 0 Å². The smallest absolute Gasteiger partial charge is 0.239 e. The van der Waals surface area contributed by atoms with E-state index in [0.29, 0.717) is 11.8 Å². The highest BCUT2D eigenvalue weighted by Crippen LogP contribution is 2.20. The number of aromatic nitrogens is 2. The molecule has 1 aromatic carbocycles. The Morgan fingerprint density at radius 2 is 1.80 bits per heavy atom. The number of nitrogens with one attached hydrogen (secondary N) is 2. The average Bonchev–Trinajstić information content (AvgIpc) is 2.50. The molecule has 0 saturated carbocycles. The molecule has 2 rings (SSSR count). The lowest BCUT2D eigenvalue weighted by molar-refractivity contribution is 0.866. The van der Waals surface area contributed by atoms with Crippen LogP contribution < -0.4 is 21.5 Å². The fraction of sp³-hybridized carbons (Fsp3) is 0.286. The molecule has 4 N–H and O–H groups in total. The Kier molecular flexibility index (Phi) is 4.73. The lowest BCUT2D eigenvalue weighted by atomic mass is 10.2. The van der Waals surface area contributed by atoms with Crippen molar-refractivity contribution in [1.82, 2.24) is 9.97 Å². The number of hydrogen-bond acceptors (Lipinski definition) is 6. The molecule has 0 radical (unpaired) electrons. The van der Waals surface area contributed by atoms with Crippen LogP contribution in [-0.2, 0) is 0 Å². The SMILES string of the molecule is CCN(CC)c1ccc(Nc2ccnc(NN)n2)cc1. The Bertz CT molecular complexity index is 536.